The van der Waals surface area contributed by atoms with Gasteiger partial charge in [-0.2, -0.15) is 8.42 Å². The molecule has 0 saturated heterocycles. The van der Waals surface area contributed by atoms with Crippen molar-refractivity contribution in [3.05, 3.63) is 107 Å². The maximum absolute atomic E-state index is 14.2. The molecule has 6 heteroatoms. The summed E-state index contributed by atoms with van der Waals surface area (Å²) >= 11 is 0. The molecule has 0 fully saturated rings. The molecule has 0 spiro atoms. The van der Waals surface area contributed by atoms with Crippen LogP contribution in [0.25, 0.3) is 10.8 Å². The van der Waals surface area contributed by atoms with Crippen molar-refractivity contribution in [1.82, 2.24) is 0 Å². The van der Waals surface area contributed by atoms with Crippen LogP contribution in [0.3, 0.4) is 0 Å². The molecular formula is C31H28O5S. The number of ether oxygens (including phenoxy) is 1. The zero-order valence-electron chi connectivity index (χ0n) is 20.9. The first kappa shape index (κ1) is 23.9. The number of carbonyl (C=O) groups is 1. The number of fused-ring (bicyclic) bond motifs is 2. The van der Waals surface area contributed by atoms with Gasteiger partial charge in [0.05, 0.1) is 5.92 Å². The van der Waals surface area contributed by atoms with Crippen LogP contribution < -0.4 is 4.74 Å². The van der Waals surface area contributed by atoms with E-state index in [-0.39, 0.29) is 39.8 Å². The first-order chi connectivity index (χ1) is 17.6. The Morgan fingerprint density at radius 3 is 1.73 bits per heavy atom. The minimum Gasteiger partial charge on any atom is -0.426 e. The third-order valence-electron chi connectivity index (χ3n) is 8.04. The van der Waals surface area contributed by atoms with Crippen molar-refractivity contribution >= 4 is 26.9 Å². The largest absolute Gasteiger partial charge is 0.426 e. The van der Waals surface area contributed by atoms with Gasteiger partial charge in [0.25, 0.3) is 10.1 Å². The second-order valence-electron chi connectivity index (χ2n) is 11.1. The van der Waals surface area contributed by atoms with Gasteiger partial charge in [0.2, 0.25) is 0 Å². The summed E-state index contributed by atoms with van der Waals surface area (Å²) in [6, 6.07) is 26.3. The summed E-state index contributed by atoms with van der Waals surface area (Å²) in [4.78, 5) is 14.0. The summed E-state index contributed by atoms with van der Waals surface area (Å²) in [7, 11) is -4.44. The van der Waals surface area contributed by atoms with Gasteiger partial charge >= 0.3 is 5.97 Å². The van der Waals surface area contributed by atoms with Gasteiger partial charge < -0.3 is 4.74 Å². The third kappa shape index (κ3) is 3.70. The fourth-order valence-electron chi connectivity index (χ4n) is 6.73. The lowest BCUT2D eigenvalue weighted by atomic mass is 9.49. The number of hydrogen-bond acceptors (Lipinski definition) is 4. The lowest BCUT2D eigenvalue weighted by Gasteiger charge is -2.54. The normalized spacial score (nSPS) is 22.4. The lowest BCUT2D eigenvalue weighted by Crippen LogP contribution is -2.49. The molecule has 37 heavy (non-hydrogen) atoms. The monoisotopic (exact) mass is 512 g/mol. The second kappa shape index (κ2) is 8.27. The quantitative estimate of drug-likeness (QED) is 0.191. The molecule has 0 amide bonds. The van der Waals surface area contributed by atoms with Gasteiger partial charge in [-0.05, 0) is 45.7 Å². The molecule has 3 aliphatic carbocycles. The van der Waals surface area contributed by atoms with Crippen LogP contribution in [-0.2, 0) is 14.9 Å². The second-order valence-corrected chi connectivity index (χ2v) is 12.5. The van der Waals surface area contributed by atoms with Crippen LogP contribution in [0.15, 0.2) is 89.8 Å². The highest BCUT2D eigenvalue weighted by Crippen LogP contribution is 2.62. The van der Waals surface area contributed by atoms with Crippen LogP contribution in [0.4, 0.5) is 0 Å². The fourth-order valence-corrected chi connectivity index (χ4v) is 7.43. The topological polar surface area (TPSA) is 80.7 Å². The Kier molecular flexibility index (Phi) is 5.34. The molecule has 2 unspecified atom stereocenters. The number of benzene rings is 4. The van der Waals surface area contributed by atoms with E-state index in [4.69, 9.17) is 4.74 Å². The molecule has 188 valence electrons. The number of esters is 1. The van der Waals surface area contributed by atoms with E-state index in [9.17, 15) is 17.8 Å². The molecule has 3 aliphatic rings. The minimum absolute atomic E-state index is 0.00171. The van der Waals surface area contributed by atoms with Crippen molar-refractivity contribution in [2.75, 3.05) is 0 Å². The molecule has 0 aliphatic heterocycles. The highest BCUT2D eigenvalue weighted by atomic mass is 32.2. The molecule has 4 aromatic carbocycles. The van der Waals surface area contributed by atoms with Crippen molar-refractivity contribution in [3.8, 4) is 5.75 Å². The summed E-state index contributed by atoms with van der Waals surface area (Å²) in [5, 5.41) is 0.767. The Labute approximate surface area is 216 Å². The first-order valence-corrected chi connectivity index (χ1v) is 13.9. The zero-order chi connectivity index (χ0) is 26.1. The molecule has 2 bridgehead atoms. The summed E-state index contributed by atoms with van der Waals surface area (Å²) in [6.45, 7) is 6.54. The van der Waals surface area contributed by atoms with Gasteiger partial charge in [0, 0.05) is 22.6 Å². The van der Waals surface area contributed by atoms with Gasteiger partial charge in [-0.25, -0.2) is 0 Å². The summed E-state index contributed by atoms with van der Waals surface area (Å²) < 4.78 is 39.7. The van der Waals surface area contributed by atoms with Crippen molar-refractivity contribution in [3.63, 3.8) is 0 Å². The van der Waals surface area contributed by atoms with E-state index in [1.807, 2.05) is 12.1 Å². The van der Waals surface area contributed by atoms with Crippen molar-refractivity contribution in [2.24, 2.45) is 17.3 Å². The van der Waals surface area contributed by atoms with Crippen LogP contribution in [0.1, 0.15) is 54.9 Å². The molecule has 0 radical (unpaired) electrons. The molecular weight excluding hydrogens is 484 g/mol. The Hall–Kier alpha value is -3.48. The lowest BCUT2D eigenvalue weighted by molar-refractivity contribution is -0.144. The smallest absolute Gasteiger partial charge is 0.315 e. The molecule has 7 rings (SSSR count). The molecule has 5 nitrogen and oxygen atoms in total. The molecule has 0 saturated carbocycles. The Balaban J connectivity index is 1.50. The zero-order valence-corrected chi connectivity index (χ0v) is 21.7. The van der Waals surface area contributed by atoms with Crippen LogP contribution in [0.5, 0.6) is 5.75 Å². The maximum Gasteiger partial charge on any atom is 0.315 e. The van der Waals surface area contributed by atoms with Gasteiger partial charge in [0.15, 0.2) is 0 Å². The molecule has 4 aromatic rings. The van der Waals surface area contributed by atoms with E-state index in [1.54, 1.807) is 24.3 Å². The average molecular weight is 513 g/mol. The third-order valence-corrected chi connectivity index (χ3v) is 8.95. The predicted octanol–water partition coefficient (Wildman–Crippen LogP) is 6.56. The van der Waals surface area contributed by atoms with E-state index in [0.29, 0.717) is 10.8 Å². The maximum atomic E-state index is 14.2. The van der Waals surface area contributed by atoms with Gasteiger partial charge in [0.1, 0.15) is 10.6 Å². The summed E-state index contributed by atoms with van der Waals surface area (Å²) in [5.74, 6) is -0.550. The Morgan fingerprint density at radius 2 is 1.22 bits per heavy atom. The molecule has 0 heterocycles. The molecule has 2 atom stereocenters. The van der Waals surface area contributed by atoms with Crippen molar-refractivity contribution in [2.45, 2.75) is 37.5 Å². The Morgan fingerprint density at radius 1 is 0.730 bits per heavy atom. The molecule has 1 N–H and O–H groups in total. The van der Waals surface area contributed by atoms with E-state index in [2.05, 4.69) is 57.2 Å². The van der Waals surface area contributed by atoms with E-state index in [0.717, 1.165) is 0 Å². The Bertz CT molecular complexity index is 1620. The van der Waals surface area contributed by atoms with Crippen molar-refractivity contribution < 1.29 is 22.5 Å². The molecule has 0 aromatic heterocycles. The van der Waals surface area contributed by atoms with E-state index in [1.165, 1.54) is 34.4 Å². The van der Waals surface area contributed by atoms with E-state index < -0.39 is 16.0 Å². The summed E-state index contributed by atoms with van der Waals surface area (Å²) in [6.07, 6.45) is 0. The van der Waals surface area contributed by atoms with Crippen molar-refractivity contribution in [1.29, 1.82) is 0 Å². The van der Waals surface area contributed by atoms with Gasteiger partial charge in [-0.15, -0.1) is 0 Å². The fraction of sp³-hybridized carbons (Fsp3) is 0.258. The van der Waals surface area contributed by atoms with Gasteiger partial charge in [-0.3, -0.25) is 9.35 Å². The highest BCUT2D eigenvalue weighted by Gasteiger charge is 2.56. The van der Waals surface area contributed by atoms with Crippen LogP contribution in [-0.4, -0.2) is 18.9 Å². The number of carbonyl (C=O) groups excluding carboxylic acids is 1. The average Bonchev–Trinajstić information content (AvgIpc) is 2.87. The number of rotatable bonds is 3. The predicted molar refractivity (Wildman–Crippen MR) is 142 cm³/mol. The SMILES string of the molecule is CC(C)(C)C1C2c3ccccc3C(c3ccccc32)C1C(=O)Oc1ccc(S(=O)(=O)O)c2ccccc12. The van der Waals surface area contributed by atoms with Crippen LogP contribution >= 0.6 is 0 Å². The van der Waals surface area contributed by atoms with E-state index >= 15 is 0 Å². The van der Waals surface area contributed by atoms with Gasteiger partial charge in [-0.1, -0.05) is 93.6 Å². The highest BCUT2D eigenvalue weighted by molar-refractivity contribution is 7.86. The number of hydrogen-bond donors (Lipinski definition) is 1. The standard InChI is InChI=1S/C31H28O5S/c1-31(2,3)29-27-22-14-8-6-12-20(22)26(21-13-7-9-15-23(21)27)28(29)30(32)36-24-16-17-25(37(33,34)35)19-11-5-4-10-18(19)24/h4-17,26-29H,1-3H3,(H,33,34,35). The first-order valence-electron chi connectivity index (χ1n) is 12.5. The minimum atomic E-state index is -4.44. The van der Waals surface area contributed by atoms with Crippen LogP contribution in [0.2, 0.25) is 0 Å². The van der Waals surface area contributed by atoms with Crippen LogP contribution in [0, 0.1) is 17.3 Å². The summed E-state index contributed by atoms with van der Waals surface area (Å²) in [5.41, 5.74) is 4.70.